The molecule has 0 radical (unpaired) electrons. The van der Waals surface area contributed by atoms with Gasteiger partial charge in [0.05, 0.1) is 0 Å². The van der Waals surface area contributed by atoms with Gasteiger partial charge < -0.3 is 5.21 Å². The predicted octanol–water partition coefficient (Wildman–Crippen LogP) is 3.34. The van der Waals surface area contributed by atoms with Gasteiger partial charge in [-0.1, -0.05) is 41.6 Å². The lowest BCUT2D eigenvalue weighted by Gasteiger charge is -2.01. The predicted molar refractivity (Wildman–Crippen MR) is 66.7 cm³/mol. The smallest absolute Gasteiger partial charge is 0.119 e. The van der Waals surface area contributed by atoms with Gasteiger partial charge in [-0.3, -0.25) is 0 Å². The van der Waals surface area contributed by atoms with E-state index in [4.69, 9.17) is 5.21 Å². The van der Waals surface area contributed by atoms with Gasteiger partial charge in [-0.25, -0.2) is 0 Å². The second-order valence-corrected chi connectivity index (χ2v) is 4.63. The van der Waals surface area contributed by atoms with E-state index in [-0.39, 0.29) is 0 Å². The van der Waals surface area contributed by atoms with E-state index in [1.165, 1.54) is 0 Å². The van der Waals surface area contributed by atoms with Crippen molar-refractivity contribution >= 4 is 31.5 Å². The number of hydrogen-bond donors (Lipinski definition) is 1. The molecule has 1 aromatic heterocycles. The quantitative estimate of drug-likeness (QED) is 0.356. The molecule has 0 aliphatic rings. The zero-order chi connectivity index (χ0) is 11.0. The van der Waals surface area contributed by atoms with Crippen molar-refractivity contribution in [3.8, 4) is 0 Å². The molecule has 3 aromatic rings. The molecule has 0 saturated carbocycles. The van der Waals surface area contributed by atoms with Crippen LogP contribution in [0.15, 0.2) is 53.7 Å². The molecule has 0 fully saturated rings. The fourth-order valence-electron chi connectivity index (χ4n) is 1.87. The van der Waals surface area contributed by atoms with Gasteiger partial charge in [0, 0.05) is 20.2 Å². The third-order valence-corrected chi connectivity index (χ3v) is 3.76. The monoisotopic (exact) mass is 227 g/mol. The van der Waals surface area contributed by atoms with Crippen molar-refractivity contribution in [1.29, 1.82) is 0 Å². The molecule has 1 heterocycles. The molecular weight excluding hydrogens is 218 g/mol. The molecule has 2 nitrogen and oxygen atoms in total. The van der Waals surface area contributed by atoms with E-state index >= 15 is 0 Å². The summed E-state index contributed by atoms with van der Waals surface area (Å²) >= 11 is 1.71. The molecule has 0 spiro atoms. The van der Waals surface area contributed by atoms with Crippen LogP contribution >= 0.6 is 11.3 Å². The van der Waals surface area contributed by atoms with Crippen LogP contribution < -0.4 is 5.36 Å². The summed E-state index contributed by atoms with van der Waals surface area (Å²) in [6, 6.07) is 15.9. The van der Waals surface area contributed by atoms with Crippen LogP contribution in [-0.2, 0) is 0 Å². The molecule has 78 valence electrons. The van der Waals surface area contributed by atoms with Gasteiger partial charge in [-0.2, -0.15) is 0 Å². The number of rotatable bonds is 0. The maximum atomic E-state index is 9.16. The van der Waals surface area contributed by atoms with Crippen molar-refractivity contribution in [2.75, 3.05) is 0 Å². The minimum atomic E-state index is 0.657. The fraction of sp³-hybridized carbons (Fsp3) is 0. The maximum Gasteiger partial charge on any atom is 0.119 e. The lowest BCUT2D eigenvalue weighted by molar-refractivity contribution is 0.304. The number of benzene rings is 2. The molecule has 0 saturated heterocycles. The van der Waals surface area contributed by atoms with Crippen LogP contribution in [-0.4, -0.2) is 5.21 Å². The van der Waals surface area contributed by atoms with E-state index in [1.807, 2.05) is 48.5 Å². The largest absolute Gasteiger partial charge is 0.410 e. The molecule has 3 rings (SSSR count). The Balaban J connectivity index is 2.68. The van der Waals surface area contributed by atoms with Gasteiger partial charge in [0.25, 0.3) is 0 Å². The van der Waals surface area contributed by atoms with Gasteiger partial charge in [-0.05, 0) is 12.1 Å². The molecule has 1 N–H and O–H groups in total. The van der Waals surface area contributed by atoms with Crippen LogP contribution in [0.2, 0.25) is 0 Å². The van der Waals surface area contributed by atoms with Gasteiger partial charge in [0.15, 0.2) is 0 Å². The summed E-state index contributed by atoms with van der Waals surface area (Å²) in [5.74, 6) is 0. The zero-order valence-electron chi connectivity index (χ0n) is 8.42. The fourth-order valence-corrected chi connectivity index (χ4v) is 2.95. The molecular formula is C13H9NOS. The average Bonchev–Trinajstić information content (AvgIpc) is 2.36. The van der Waals surface area contributed by atoms with Crippen LogP contribution in [0.3, 0.4) is 0 Å². The third kappa shape index (κ3) is 1.29. The van der Waals surface area contributed by atoms with Crippen molar-refractivity contribution in [1.82, 2.24) is 0 Å². The van der Waals surface area contributed by atoms with Crippen LogP contribution in [0, 0.1) is 0 Å². The van der Waals surface area contributed by atoms with Crippen LogP contribution in [0.25, 0.3) is 20.2 Å². The van der Waals surface area contributed by atoms with E-state index in [1.54, 1.807) is 11.3 Å². The highest BCUT2D eigenvalue weighted by Gasteiger charge is 2.02. The molecule has 0 unspecified atom stereocenters. The van der Waals surface area contributed by atoms with Crippen molar-refractivity contribution < 1.29 is 5.21 Å². The Morgan fingerprint density at radius 3 is 1.81 bits per heavy atom. The van der Waals surface area contributed by atoms with E-state index in [0.29, 0.717) is 5.36 Å². The highest BCUT2D eigenvalue weighted by atomic mass is 32.1. The lowest BCUT2D eigenvalue weighted by Crippen LogP contribution is -2.03. The minimum Gasteiger partial charge on any atom is -0.410 e. The lowest BCUT2D eigenvalue weighted by atomic mass is 10.2. The van der Waals surface area contributed by atoms with Gasteiger partial charge in [-0.15, -0.1) is 11.3 Å². The molecule has 0 atom stereocenters. The normalized spacial score (nSPS) is 10.8. The zero-order valence-corrected chi connectivity index (χ0v) is 9.24. The Labute approximate surface area is 96.1 Å². The van der Waals surface area contributed by atoms with Crippen molar-refractivity contribution in [2.24, 2.45) is 5.16 Å². The Morgan fingerprint density at radius 1 is 0.812 bits per heavy atom. The van der Waals surface area contributed by atoms with Crippen molar-refractivity contribution in [3.05, 3.63) is 53.9 Å². The molecule has 16 heavy (non-hydrogen) atoms. The topological polar surface area (TPSA) is 32.6 Å². The first-order valence-corrected chi connectivity index (χ1v) is 5.80. The highest BCUT2D eigenvalue weighted by Crippen LogP contribution is 2.23. The molecule has 0 aliphatic heterocycles. The number of hydrogen-bond acceptors (Lipinski definition) is 3. The third-order valence-electron chi connectivity index (χ3n) is 2.60. The summed E-state index contributed by atoms with van der Waals surface area (Å²) in [5.41, 5.74) is 0. The number of nitrogens with zero attached hydrogens (tertiary/aromatic N) is 1. The summed E-state index contributed by atoms with van der Waals surface area (Å²) in [7, 11) is 0. The van der Waals surface area contributed by atoms with E-state index in [2.05, 4.69) is 5.16 Å². The van der Waals surface area contributed by atoms with Gasteiger partial charge >= 0.3 is 0 Å². The van der Waals surface area contributed by atoms with Gasteiger partial charge in [0.2, 0.25) is 0 Å². The highest BCUT2D eigenvalue weighted by molar-refractivity contribution is 7.24. The van der Waals surface area contributed by atoms with E-state index < -0.39 is 0 Å². The summed E-state index contributed by atoms with van der Waals surface area (Å²) < 4.78 is 2.27. The Morgan fingerprint density at radius 2 is 1.31 bits per heavy atom. The molecule has 0 amide bonds. The first-order chi connectivity index (χ1) is 7.90. The van der Waals surface area contributed by atoms with Crippen LogP contribution in [0.4, 0.5) is 0 Å². The first kappa shape index (κ1) is 9.36. The summed E-state index contributed by atoms with van der Waals surface area (Å²) in [6.07, 6.45) is 0. The van der Waals surface area contributed by atoms with E-state index in [9.17, 15) is 0 Å². The van der Waals surface area contributed by atoms with Crippen LogP contribution in [0.5, 0.6) is 0 Å². The Kier molecular flexibility index (Phi) is 2.11. The number of fused-ring (bicyclic) bond motifs is 2. The Hall–Kier alpha value is -1.87. The minimum absolute atomic E-state index is 0.657. The van der Waals surface area contributed by atoms with E-state index in [0.717, 1.165) is 20.2 Å². The van der Waals surface area contributed by atoms with Crippen molar-refractivity contribution in [2.45, 2.75) is 0 Å². The van der Waals surface area contributed by atoms with Crippen molar-refractivity contribution in [3.63, 3.8) is 0 Å². The summed E-state index contributed by atoms with van der Waals surface area (Å²) in [6.45, 7) is 0. The maximum absolute atomic E-state index is 9.16. The average molecular weight is 227 g/mol. The molecule has 0 aliphatic carbocycles. The molecule has 3 heteroatoms. The second kappa shape index (κ2) is 3.61. The first-order valence-electron chi connectivity index (χ1n) is 4.99. The molecule has 0 bridgehead atoms. The standard InChI is InChI=1S/C13H9NOS/c15-14-13-9-5-1-3-7-11(9)16-12-8-4-2-6-10(12)13/h1-8,15H. The summed E-state index contributed by atoms with van der Waals surface area (Å²) in [5, 5.41) is 15.2. The van der Waals surface area contributed by atoms with Crippen LogP contribution in [0.1, 0.15) is 0 Å². The SMILES string of the molecule is ON=c1c2ccccc2sc2ccccc12. The van der Waals surface area contributed by atoms with Gasteiger partial charge in [0.1, 0.15) is 5.36 Å². The Bertz CT molecular complexity index is 673. The molecule has 2 aromatic carbocycles. The summed E-state index contributed by atoms with van der Waals surface area (Å²) in [4.78, 5) is 0. The second-order valence-electron chi connectivity index (χ2n) is 3.54.